The van der Waals surface area contributed by atoms with E-state index in [9.17, 15) is 0 Å². The Kier molecular flexibility index (Phi) is 2.32. The molecule has 1 heterocycles. The highest BCUT2D eigenvalue weighted by atomic mass is 16.7. The molecule has 0 aromatic rings. The van der Waals surface area contributed by atoms with E-state index in [4.69, 9.17) is 9.47 Å². The predicted molar refractivity (Wildman–Crippen MR) is 39.8 cm³/mol. The van der Waals surface area contributed by atoms with Crippen LogP contribution in [0.4, 0.5) is 0 Å². The molecule has 0 amide bonds. The van der Waals surface area contributed by atoms with Crippen LogP contribution >= 0.6 is 0 Å². The van der Waals surface area contributed by atoms with Crippen molar-refractivity contribution in [1.29, 1.82) is 0 Å². The van der Waals surface area contributed by atoms with Crippen LogP contribution in [0.3, 0.4) is 0 Å². The summed E-state index contributed by atoms with van der Waals surface area (Å²) in [5, 5.41) is 0. The molecule has 0 aromatic heterocycles. The van der Waals surface area contributed by atoms with Crippen molar-refractivity contribution in [3.8, 4) is 0 Å². The summed E-state index contributed by atoms with van der Waals surface area (Å²) in [6, 6.07) is 0. The summed E-state index contributed by atoms with van der Waals surface area (Å²) in [6.45, 7) is 7.02. The first-order chi connectivity index (χ1) is 4.66. The molecule has 1 rings (SSSR count). The molecule has 10 heavy (non-hydrogen) atoms. The van der Waals surface area contributed by atoms with Crippen molar-refractivity contribution in [2.45, 2.75) is 45.5 Å². The molecule has 0 bridgehead atoms. The molecule has 0 N–H and O–H groups in total. The Bertz CT molecular complexity index is 114. The maximum Gasteiger partial charge on any atom is 0.165 e. The van der Waals surface area contributed by atoms with Gasteiger partial charge < -0.3 is 9.47 Å². The van der Waals surface area contributed by atoms with Gasteiger partial charge in [0.1, 0.15) is 0 Å². The second-order valence-electron chi connectivity index (χ2n) is 3.05. The molecule has 0 radical (unpaired) electrons. The van der Waals surface area contributed by atoms with E-state index in [1.165, 1.54) is 0 Å². The summed E-state index contributed by atoms with van der Waals surface area (Å²) in [6.07, 6.45) is 2.31. The van der Waals surface area contributed by atoms with E-state index in [2.05, 4.69) is 13.8 Å². The third-order valence-corrected chi connectivity index (χ3v) is 2.02. The summed E-state index contributed by atoms with van der Waals surface area (Å²) in [4.78, 5) is 0. The number of hydrogen-bond donors (Lipinski definition) is 0. The minimum Gasteiger partial charge on any atom is -0.350 e. The van der Waals surface area contributed by atoms with Crippen LogP contribution < -0.4 is 0 Å². The van der Waals surface area contributed by atoms with Gasteiger partial charge in [-0.15, -0.1) is 0 Å². The molecule has 2 heteroatoms. The molecular formula is C8H16O2. The molecule has 60 valence electrons. The maximum absolute atomic E-state index is 5.60. The molecule has 1 aliphatic rings. The second-order valence-corrected chi connectivity index (χ2v) is 3.05. The third kappa shape index (κ3) is 1.70. The standard InChI is InChI=1S/C8H16O2/c1-4-8(3)9-6-5-7(2)10-8/h7H,4-6H2,1-3H3/t7-,8-/m1/s1. The highest BCUT2D eigenvalue weighted by Gasteiger charge is 2.29. The van der Waals surface area contributed by atoms with Gasteiger partial charge in [-0.2, -0.15) is 0 Å². The van der Waals surface area contributed by atoms with E-state index in [1.54, 1.807) is 0 Å². The van der Waals surface area contributed by atoms with Gasteiger partial charge in [-0.25, -0.2) is 0 Å². The van der Waals surface area contributed by atoms with Crippen molar-refractivity contribution >= 4 is 0 Å². The molecule has 2 nitrogen and oxygen atoms in total. The zero-order valence-corrected chi connectivity index (χ0v) is 7.02. The van der Waals surface area contributed by atoms with Crippen LogP contribution in [0.2, 0.25) is 0 Å². The summed E-state index contributed by atoms with van der Waals surface area (Å²) in [5.41, 5.74) is 0. The minimum atomic E-state index is -0.308. The van der Waals surface area contributed by atoms with Gasteiger partial charge in [0.2, 0.25) is 0 Å². The predicted octanol–water partition coefficient (Wildman–Crippen LogP) is 1.94. The number of rotatable bonds is 1. The lowest BCUT2D eigenvalue weighted by atomic mass is 10.2. The van der Waals surface area contributed by atoms with E-state index in [-0.39, 0.29) is 5.79 Å². The molecule has 1 aliphatic heterocycles. The van der Waals surface area contributed by atoms with Crippen molar-refractivity contribution < 1.29 is 9.47 Å². The Hall–Kier alpha value is -0.0800. The first-order valence-corrected chi connectivity index (χ1v) is 3.98. The average molecular weight is 144 g/mol. The van der Waals surface area contributed by atoms with Crippen molar-refractivity contribution in [1.82, 2.24) is 0 Å². The van der Waals surface area contributed by atoms with Gasteiger partial charge in [-0.3, -0.25) is 0 Å². The molecule has 2 atom stereocenters. The summed E-state index contributed by atoms with van der Waals surface area (Å²) in [5.74, 6) is -0.308. The molecule has 0 unspecified atom stereocenters. The van der Waals surface area contributed by atoms with Gasteiger partial charge in [0.15, 0.2) is 5.79 Å². The number of ether oxygens (including phenoxy) is 2. The lowest BCUT2D eigenvalue weighted by Crippen LogP contribution is -2.40. The Balaban J connectivity index is 2.45. The molecule has 0 spiro atoms. The SMILES string of the molecule is CC[C@]1(C)OCC[C@@H](C)O1. The molecular weight excluding hydrogens is 128 g/mol. The van der Waals surface area contributed by atoms with Gasteiger partial charge in [0.05, 0.1) is 12.7 Å². The fourth-order valence-corrected chi connectivity index (χ4v) is 1.14. The average Bonchev–Trinajstić information content (AvgIpc) is 1.88. The largest absolute Gasteiger partial charge is 0.350 e. The van der Waals surface area contributed by atoms with Crippen LogP contribution in [0.25, 0.3) is 0 Å². The number of hydrogen-bond acceptors (Lipinski definition) is 2. The summed E-state index contributed by atoms with van der Waals surface area (Å²) >= 11 is 0. The fraction of sp³-hybridized carbons (Fsp3) is 1.00. The Labute approximate surface area is 62.5 Å². The molecule has 1 fully saturated rings. The zero-order chi connectivity index (χ0) is 7.61. The third-order valence-electron chi connectivity index (χ3n) is 2.02. The van der Waals surface area contributed by atoms with Crippen LogP contribution in [0, 0.1) is 0 Å². The monoisotopic (exact) mass is 144 g/mol. The zero-order valence-electron chi connectivity index (χ0n) is 7.02. The van der Waals surface area contributed by atoms with Gasteiger partial charge in [0.25, 0.3) is 0 Å². The molecule has 0 aromatic carbocycles. The topological polar surface area (TPSA) is 18.5 Å². The highest BCUT2D eigenvalue weighted by molar-refractivity contribution is 4.68. The Morgan fingerprint density at radius 2 is 2.30 bits per heavy atom. The summed E-state index contributed by atoms with van der Waals surface area (Å²) in [7, 11) is 0. The van der Waals surface area contributed by atoms with Gasteiger partial charge >= 0.3 is 0 Å². The maximum atomic E-state index is 5.60. The van der Waals surface area contributed by atoms with Crippen LogP contribution in [-0.2, 0) is 9.47 Å². The first kappa shape index (κ1) is 8.02. The van der Waals surface area contributed by atoms with Crippen LogP contribution in [0.1, 0.15) is 33.6 Å². The lowest BCUT2D eigenvalue weighted by molar-refractivity contribution is -0.280. The smallest absolute Gasteiger partial charge is 0.165 e. The van der Waals surface area contributed by atoms with Crippen molar-refractivity contribution in [3.63, 3.8) is 0 Å². The quantitative estimate of drug-likeness (QED) is 0.560. The molecule has 1 saturated heterocycles. The van der Waals surface area contributed by atoms with Crippen molar-refractivity contribution in [2.24, 2.45) is 0 Å². The van der Waals surface area contributed by atoms with Gasteiger partial charge in [-0.1, -0.05) is 6.92 Å². The Morgan fingerprint density at radius 1 is 1.60 bits per heavy atom. The molecule has 0 saturated carbocycles. The second kappa shape index (κ2) is 2.89. The highest BCUT2D eigenvalue weighted by Crippen LogP contribution is 2.24. The van der Waals surface area contributed by atoms with Gasteiger partial charge in [-0.05, 0) is 26.7 Å². The summed E-state index contributed by atoms with van der Waals surface area (Å²) < 4.78 is 11.1. The molecule has 0 aliphatic carbocycles. The van der Waals surface area contributed by atoms with Crippen LogP contribution in [0.5, 0.6) is 0 Å². The minimum absolute atomic E-state index is 0.308. The van der Waals surface area contributed by atoms with E-state index in [1.807, 2.05) is 6.92 Å². The van der Waals surface area contributed by atoms with Crippen molar-refractivity contribution in [3.05, 3.63) is 0 Å². The Morgan fingerprint density at radius 3 is 2.70 bits per heavy atom. The normalized spacial score (nSPS) is 41.7. The van der Waals surface area contributed by atoms with E-state index in [0.717, 1.165) is 19.4 Å². The van der Waals surface area contributed by atoms with E-state index >= 15 is 0 Å². The van der Waals surface area contributed by atoms with E-state index < -0.39 is 0 Å². The first-order valence-electron chi connectivity index (χ1n) is 3.98. The van der Waals surface area contributed by atoms with Crippen molar-refractivity contribution in [2.75, 3.05) is 6.61 Å². The van der Waals surface area contributed by atoms with Crippen LogP contribution in [0.15, 0.2) is 0 Å². The van der Waals surface area contributed by atoms with E-state index in [0.29, 0.717) is 6.10 Å². The lowest BCUT2D eigenvalue weighted by Gasteiger charge is -2.36. The fourth-order valence-electron chi connectivity index (χ4n) is 1.14. The van der Waals surface area contributed by atoms with Crippen LogP contribution in [-0.4, -0.2) is 18.5 Å². The van der Waals surface area contributed by atoms with Gasteiger partial charge in [0, 0.05) is 0 Å².